The van der Waals surface area contributed by atoms with Crippen molar-refractivity contribution >= 4 is 11.8 Å². The van der Waals surface area contributed by atoms with E-state index in [1.807, 2.05) is 11.8 Å². The first-order valence-electron chi connectivity index (χ1n) is 14.2. The lowest BCUT2D eigenvalue weighted by Crippen LogP contribution is -2.48. The molecule has 1 aliphatic carbocycles. The van der Waals surface area contributed by atoms with Crippen molar-refractivity contribution in [3.63, 3.8) is 0 Å². The molecule has 37 heavy (non-hydrogen) atoms. The minimum Gasteiger partial charge on any atom is -0.353 e. The fraction of sp³-hybridized carbons (Fsp3) is 0.733. The van der Waals surface area contributed by atoms with Crippen LogP contribution >= 0.6 is 0 Å². The van der Waals surface area contributed by atoms with Crippen LogP contribution in [-0.4, -0.2) is 34.8 Å². The van der Waals surface area contributed by atoms with E-state index in [-0.39, 0.29) is 54.3 Å². The Balaban J connectivity index is 1.23. The monoisotopic (exact) mass is 520 g/mol. The molecule has 1 aromatic carbocycles. The molecular formula is C30H43F3N2O2. The molecule has 2 saturated heterocycles. The lowest BCUT2D eigenvalue weighted by atomic mass is 9.71. The molecule has 2 bridgehead atoms. The van der Waals surface area contributed by atoms with Gasteiger partial charge in [-0.3, -0.25) is 9.59 Å². The number of piperidine rings is 1. The lowest BCUT2D eigenvalue weighted by Gasteiger charge is -2.41. The van der Waals surface area contributed by atoms with Crippen molar-refractivity contribution in [1.29, 1.82) is 0 Å². The molecule has 4 atom stereocenters. The average Bonchev–Trinajstić information content (AvgIpc) is 3.09. The first-order chi connectivity index (χ1) is 17.4. The molecule has 2 aliphatic heterocycles. The van der Waals surface area contributed by atoms with Gasteiger partial charge in [-0.05, 0) is 92.6 Å². The van der Waals surface area contributed by atoms with Crippen molar-refractivity contribution in [3.8, 4) is 0 Å². The highest BCUT2D eigenvalue weighted by Gasteiger charge is 2.44. The van der Waals surface area contributed by atoms with Crippen molar-refractivity contribution in [1.82, 2.24) is 10.2 Å². The van der Waals surface area contributed by atoms with Gasteiger partial charge in [0.1, 0.15) is 5.82 Å². The smallest absolute Gasteiger partial charge is 0.223 e. The van der Waals surface area contributed by atoms with Crippen LogP contribution in [0.3, 0.4) is 0 Å². The molecule has 7 heteroatoms. The van der Waals surface area contributed by atoms with Crippen LogP contribution in [0, 0.1) is 40.6 Å². The molecular weight excluding hydrogens is 477 g/mol. The van der Waals surface area contributed by atoms with Crippen LogP contribution in [0.1, 0.15) is 97.5 Å². The van der Waals surface area contributed by atoms with Crippen LogP contribution in [0.4, 0.5) is 13.2 Å². The molecule has 3 aliphatic rings. The van der Waals surface area contributed by atoms with Crippen molar-refractivity contribution < 1.29 is 22.8 Å². The molecule has 0 spiro atoms. The number of halogens is 3. The summed E-state index contributed by atoms with van der Waals surface area (Å²) >= 11 is 0. The van der Waals surface area contributed by atoms with Gasteiger partial charge < -0.3 is 10.2 Å². The molecule has 4 nitrogen and oxygen atoms in total. The number of rotatable bonds is 7. The van der Waals surface area contributed by atoms with E-state index in [1.165, 1.54) is 0 Å². The molecule has 1 N–H and O–H groups in total. The Bertz CT molecular complexity index is 970. The number of carbonyl (C=O) groups excluding carboxylic acids is 2. The van der Waals surface area contributed by atoms with E-state index < -0.39 is 17.5 Å². The summed E-state index contributed by atoms with van der Waals surface area (Å²) in [5.74, 6) is -1.79. The van der Waals surface area contributed by atoms with Crippen LogP contribution in [-0.2, 0) is 16.0 Å². The van der Waals surface area contributed by atoms with Gasteiger partial charge in [0.15, 0.2) is 11.6 Å². The maximum atomic E-state index is 14.2. The van der Waals surface area contributed by atoms with E-state index in [0.29, 0.717) is 29.7 Å². The van der Waals surface area contributed by atoms with E-state index >= 15 is 0 Å². The molecule has 3 fully saturated rings. The van der Waals surface area contributed by atoms with Crippen LogP contribution in [0.2, 0.25) is 0 Å². The summed E-state index contributed by atoms with van der Waals surface area (Å²) in [6, 6.07) is 2.09. The predicted molar refractivity (Wildman–Crippen MR) is 138 cm³/mol. The topological polar surface area (TPSA) is 49.4 Å². The maximum Gasteiger partial charge on any atom is 0.223 e. The standard InChI is InChI=1S/C30H43F3N2O2/c1-18(13-20-16-26(32)27(33)17-25(20)31)19-14-23-9-10-24(15-19)35(23)29(37)12-11-28(36)34-22-7-5-21(6-8-22)30(2,3)4/h16-19,21-24H,5-15H2,1-4H3,(H,34,36)/t18-,19-,21?,22?,23-,24+/m1/s1. The Morgan fingerprint density at radius 2 is 1.51 bits per heavy atom. The van der Waals surface area contributed by atoms with Crippen LogP contribution in [0.5, 0.6) is 0 Å². The summed E-state index contributed by atoms with van der Waals surface area (Å²) in [6.07, 6.45) is 8.64. The fourth-order valence-corrected chi connectivity index (χ4v) is 7.08. The third-order valence-corrected chi connectivity index (χ3v) is 9.38. The van der Waals surface area contributed by atoms with Crippen LogP contribution in [0.25, 0.3) is 0 Å². The molecule has 1 saturated carbocycles. The fourth-order valence-electron chi connectivity index (χ4n) is 7.08. The third-order valence-electron chi connectivity index (χ3n) is 9.38. The molecule has 2 heterocycles. The second-order valence-electron chi connectivity index (χ2n) is 12.9. The lowest BCUT2D eigenvalue weighted by molar-refractivity contribution is -0.138. The van der Waals surface area contributed by atoms with Gasteiger partial charge in [0.25, 0.3) is 0 Å². The number of nitrogens with one attached hydrogen (secondary N) is 1. The van der Waals surface area contributed by atoms with Gasteiger partial charge in [-0.2, -0.15) is 0 Å². The molecule has 0 unspecified atom stereocenters. The Labute approximate surface area is 219 Å². The van der Waals surface area contributed by atoms with Gasteiger partial charge in [0, 0.05) is 37.0 Å². The summed E-state index contributed by atoms with van der Waals surface area (Å²) in [7, 11) is 0. The summed E-state index contributed by atoms with van der Waals surface area (Å²) in [5.41, 5.74) is 0.510. The van der Waals surface area contributed by atoms with Crippen molar-refractivity contribution in [3.05, 3.63) is 35.1 Å². The minimum atomic E-state index is -1.17. The predicted octanol–water partition coefficient (Wildman–Crippen LogP) is 6.55. The number of benzene rings is 1. The molecule has 1 aromatic rings. The van der Waals surface area contributed by atoms with Gasteiger partial charge in [0.05, 0.1) is 0 Å². The highest BCUT2D eigenvalue weighted by atomic mass is 19.2. The number of amides is 2. The molecule has 2 amide bonds. The molecule has 0 radical (unpaired) electrons. The maximum absolute atomic E-state index is 14.2. The van der Waals surface area contributed by atoms with Crippen molar-refractivity contribution in [2.45, 2.75) is 116 Å². The van der Waals surface area contributed by atoms with E-state index in [4.69, 9.17) is 0 Å². The average molecular weight is 521 g/mol. The van der Waals surface area contributed by atoms with Gasteiger partial charge in [-0.15, -0.1) is 0 Å². The first-order valence-corrected chi connectivity index (χ1v) is 14.2. The number of hydrogen-bond acceptors (Lipinski definition) is 2. The SMILES string of the molecule is C[C@H](Cc1cc(F)c(F)cc1F)[C@@H]1C[C@H]2CC[C@@H](C1)N2C(=O)CCC(=O)NC1CCC(C(C)(C)C)CC1. The first kappa shape index (κ1) is 28.0. The third kappa shape index (κ3) is 6.69. The highest BCUT2D eigenvalue weighted by Crippen LogP contribution is 2.43. The van der Waals surface area contributed by atoms with E-state index in [0.717, 1.165) is 57.4 Å². The molecule has 206 valence electrons. The molecule has 0 aromatic heterocycles. The van der Waals surface area contributed by atoms with Gasteiger partial charge in [0.2, 0.25) is 11.8 Å². The second-order valence-corrected chi connectivity index (χ2v) is 12.9. The quantitative estimate of drug-likeness (QED) is 0.414. The zero-order valence-corrected chi connectivity index (χ0v) is 22.8. The summed E-state index contributed by atoms with van der Waals surface area (Å²) < 4.78 is 41.1. The Morgan fingerprint density at radius 1 is 0.919 bits per heavy atom. The van der Waals surface area contributed by atoms with Crippen LogP contribution in [0.15, 0.2) is 12.1 Å². The highest BCUT2D eigenvalue weighted by molar-refractivity contribution is 5.84. The van der Waals surface area contributed by atoms with Gasteiger partial charge in [-0.1, -0.05) is 27.7 Å². The van der Waals surface area contributed by atoms with E-state index in [9.17, 15) is 22.8 Å². The Hall–Kier alpha value is -2.05. The number of fused-ring (bicyclic) bond motifs is 2. The van der Waals surface area contributed by atoms with Gasteiger partial charge >= 0.3 is 0 Å². The zero-order valence-electron chi connectivity index (χ0n) is 22.8. The van der Waals surface area contributed by atoms with E-state index in [2.05, 4.69) is 26.1 Å². The summed E-state index contributed by atoms with van der Waals surface area (Å²) in [4.78, 5) is 27.7. The minimum absolute atomic E-state index is 0.0306. The number of carbonyl (C=O) groups is 2. The zero-order chi connectivity index (χ0) is 26.9. The summed E-state index contributed by atoms with van der Waals surface area (Å²) in [5, 5.41) is 3.15. The van der Waals surface area contributed by atoms with Crippen molar-refractivity contribution in [2.75, 3.05) is 0 Å². The second kappa shape index (κ2) is 11.4. The van der Waals surface area contributed by atoms with Crippen molar-refractivity contribution in [2.24, 2.45) is 23.2 Å². The van der Waals surface area contributed by atoms with E-state index in [1.54, 1.807) is 0 Å². The number of hydrogen-bond donors (Lipinski definition) is 1. The van der Waals surface area contributed by atoms with Gasteiger partial charge in [-0.25, -0.2) is 13.2 Å². The summed E-state index contributed by atoms with van der Waals surface area (Å²) in [6.45, 7) is 8.88. The van der Waals surface area contributed by atoms with Crippen LogP contribution < -0.4 is 5.32 Å². The normalized spacial score (nSPS) is 28.7. The largest absolute Gasteiger partial charge is 0.353 e. The Kier molecular flexibility index (Phi) is 8.59. The molecule has 4 rings (SSSR count). The number of nitrogens with zero attached hydrogens (tertiary/aromatic N) is 1. The Morgan fingerprint density at radius 3 is 2.11 bits per heavy atom.